The number of benzene rings is 4. The fourth-order valence-corrected chi connectivity index (χ4v) is 5.08. The molecule has 1 aromatic heterocycles. The summed E-state index contributed by atoms with van der Waals surface area (Å²) in [6.45, 7) is 1.38. The minimum absolute atomic E-state index is 0.114. The van der Waals surface area contributed by atoms with E-state index in [-0.39, 0.29) is 11.9 Å². The Morgan fingerprint density at radius 3 is 2.49 bits per heavy atom. The van der Waals surface area contributed by atoms with Crippen LogP contribution in [-0.4, -0.2) is 27.2 Å². The van der Waals surface area contributed by atoms with Gasteiger partial charge < -0.3 is 9.64 Å². The number of ether oxygens (including phenoxy) is 1. The van der Waals surface area contributed by atoms with Crippen LogP contribution >= 0.6 is 0 Å². The molecular weight excluding hydrogens is 489 g/mol. The van der Waals surface area contributed by atoms with Crippen molar-refractivity contribution in [3.63, 3.8) is 0 Å². The third-order valence-corrected chi connectivity index (χ3v) is 7.07. The summed E-state index contributed by atoms with van der Waals surface area (Å²) in [5, 5.41) is 13.9. The zero-order chi connectivity index (χ0) is 26.4. The van der Waals surface area contributed by atoms with E-state index in [9.17, 15) is 4.39 Å². The number of nitrogens with one attached hydrogen (secondary N) is 1. The molecule has 6 nitrogen and oxygen atoms in total. The van der Waals surface area contributed by atoms with E-state index in [1.165, 1.54) is 28.8 Å². The number of H-pyrrole nitrogens is 1. The molecule has 5 aromatic rings. The van der Waals surface area contributed by atoms with Crippen LogP contribution in [0.5, 0.6) is 5.75 Å². The van der Waals surface area contributed by atoms with E-state index in [1.807, 2.05) is 42.5 Å². The first-order valence-electron chi connectivity index (χ1n) is 13.0. The second-order valence-electron chi connectivity index (χ2n) is 9.62. The van der Waals surface area contributed by atoms with E-state index >= 15 is 0 Å². The van der Waals surface area contributed by atoms with Crippen molar-refractivity contribution in [3.8, 4) is 5.75 Å². The predicted molar refractivity (Wildman–Crippen MR) is 151 cm³/mol. The Morgan fingerprint density at radius 2 is 1.72 bits per heavy atom. The molecule has 0 saturated heterocycles. The maximum absolute atomic E-state index is 13.7. The summed E-state index contributed by atoms with van der Waals surface area (Å²) in [6, 6.07) is 32.1. The van der Waals surface area contributed by atoms with Crippen LogP contribution in [0.1, 0.15) is 39.7 Å². The number of anilines is 1. The SMILES string of the molecule is Fc1ccc(N2CCc3cc(OCc4ccccc4)ccc3C2Cc2ccc(C=Cc3nn[nH]n3)cc2)cc1. The molecule has 4 aromatic carbocycles. The number of halogens is 1. The standard InChI is InChI=1S/C32H28FN5O/c33-27-11-13-28(14-12-27)38-19-18-26-21-29(39-22-25-4-2-1-3-5-25)15-16-30(26)31(38)20-24-8-6-23(7-9-24)10-17-32-34-36-37-35-32/h1-17,21,31H,18-20,22H2,(H,34,35,36,37). The summed E-state index contributed by atoms with van der Waals surface area (Å²) in [5.41, 5.74) is 7.02. The summed E-state index contributed by atoms with van der Waals surface area (Å²) >= 11 is 0. The fourth-order valence-electron chi connectivity index (χ4n) is 5.08. The van der Waals surface area contributed by atoms with E-state index in [2.05, 4.69) is 80.1 Å². The van der Waals surface area contributed by atoms with Gasteiger partial charge in [0.15, 0.2) is 5.82 Å². The molecule has 1 aliphatic rings. The highest BCUT2D eigenvalue weighted by Crippen LogP contribution is 2.37. The van der Waals surface area contributed by atoms with Crippen LogP contribution in [0.25, 0.3) is 12.2 Å². The Morgan fingerprint density at radius 1 is 0.897 bits per heavy atom. The molecule has 1 unspecified atom stereocenters. The maximum atomic E-state index is 13.7. The molecule has 0 amide bonds. The van der Waals surface area contributed by atoms with Gasteiger partial charge in [0.1, 0.15) is 18.2 Å². The van der Waals surface area contributed by atoms with Crippen LogP contribution in [0, 0.1) is 5.82 Å². The molecule has 1 atom stereocenters. The lowest BCUT2D eigenvalue weighted by molar-refractivity contribution is 0.305. The third-order valence-electron chi connectivity index (χ3n) is 7.07. The number of aromatic amines is 1. The van der Waals surface area contributed by atoms with E-state index < -0.39 is 0 Å². The molecule has 0 spiro atoms. The van der Waals surface area contributed by atoms with Crippen LogP contribution in [0.3, 0.4) is 0 Å². The second kappa shape index (κ2) is 11.3. The van der Waals surface area contributed by atoms with Crippen LogP contribution in [0.4, 0.5) is 10.1 Å². The lowest BCUT2D eigenvalue weighted by Crippen LogP contribution is -2.36. The maximum Gasteiger partial charge on any atom is 0.197 e. The number of aromatic nitrogens is 4. The summed E-state index contributed by atoms with van der Waals surface area (Å²) in [5.74, 6) is 1.20. The Bertz CT molecular complexity index is 1530. The normalized spacial score (nSPS) is 14.9. The summed E-state index contributed by atoms with van der Waals surface area (Å²) in [7, 11) is 0. The molecule has 2 heterocycles. The molecule has 0 aliphatic carbocycles. The largest absolute Gasteiger partial charge is 0.489 e. The Balaban J connectivity index is 1.25. The molecular formula is C32H28FN5O. The average Bonchev–Trinajstić information content (AvgIpc) is 3.51. The quantitative estimate of drug-likeness (QED) is 0.257. The Kier molecular flexibility index (Phi) is 7.12. The minimum Gasteiger partial charge on any atom is -0.489 e. The highest BCUT2D eigenvalue weighted by Gasteiger charge is 2.28. The van der Waals surface area contributed by atoms with Crippen LogP contribution in [0.2, 0.25) is 0 Å². The van der Waals surface area contributed by atoms with Gasteiger partial charge in [-0.15, -0.1) is 10.2 Å². The molecule has 6 rings (SSSR count). The highest BCUT2D eigenvalue weighted by molar-refractivity contribution is 5.66. The number of hydrogen-bond donors (Lipinski definition) is 1. The monoisotopic (exact) mass is 517 g/mol. The van der Waals surface area contributed by atoms with E-state index in [4.69, 9.17) is 4.74 Å². The van der Waals surface area contributed by atoms with E-state index in [1.54, 1.807) is 0 Å². The average molecular weight is 518 g/mol. The number of hydrogen-bond acceptors (Lipinski definition) is 5. The smallest absolute Gasteiger partial charge is 0.197 e. The highest BCUT2D eigenvalue weighted by atomic mass is 19.1. The van der Waals surface area contributed by atoms with Gasteiger partial charge in [0.05, 0.1) is 6.04 Å². The van der Waals surface area contributed by atoms with Crippen LogP contribution < -0.4 is 9.64 Å². The molecule has 0 radical (unpaired) electrons. The third kappa shape index (κ3) is 5.88. The van der Waals surface area contributed by atoms with Gasteiger partial charge >= 0.3 is 0 Å². The van der Waals surface area contributed by atoms with Gasteiger partial charge in [-0.2, -0.15) is 5.21 Å². The zero-order valence-electron chi connectivity index (χ0n) is 21.4. The van der Waals surface area contributed by atoms with Crippen molar-refractivity contribution in [2.24, 2.45) is 0 Å². The second-order valence-corrected chi connectivity index (χ2v) is 9.62. The van der Waals surface area contributed by atoms with Crippen molar-refractivity contribution >= 4 is 17.8 Å². The summed E-state index contributed by atoms with van der Waals surface area (Å²) in [4.78, 5) is 2.39. The first kappa shape index (κ1) is 24.6. The van der Waals surface area contributed by atoms with E-state index in [0.717, 1.165) is 42.0 Å². The van der Waals surface area contributed by atoms with E-state index in [0.29, 0.717) is 12.4 Å². The number of nitrogens with zero attached hydrogens (tertiary/aromatic N) is 4. The number of tetrazole rings is 1. The first-order chi connectivity index (χ1) is 19.2. The van der Waals surface area contributed by atoms with Crippen molar-refractivity contribution in [2.75, 3.05) is 11.4 Å². The molecule has 0 fully saturated rings. The summed E-state index contributed by atoms with van der Waals surface area (Å²) < 4.78 is 19.8. The van der Waals surface area contributed by atoms with Crippen molar-refractivity contribution in [2.45, 2.75) is 25.5 Å². The van der Waals surface area contributed by atoms with Crippen molar-refractivity contribution in [1.29, 1.82) is 0 Å². The van der Waals surface area contributed by atoms with Crippen molar-refractivity contribution < 1.29 is 9.13 Å². The van der Waals surface area contributed by atoms with Gasteiger partial charge in [-0.1, -0.05) is 66.7 Å². The van der Waals surface area contributed by atoms with Gasteiger partial charge in [0, 0.05) is 12.2 Å². The molecule has 1 aliphatic heterocycles. The minimum atomic E-state index is -0.225. The Hall–Kier alpha value is -4.78. The molecule has 1 N–H and O–H groups in total. The first-order valence-corrected chi connectivity index (χ1v) is 13.0. The molecule has 194 valence electrons. The van der Waals surface area contributed by atoms with Crippen molar-refractivity contribution in [3.05, 3.63) is 137 Å². The van der Waals surface area contributed by atoms with Gasteiger partial charge in [-0.25, -0.2) is 4.39 Å². The Labute approximate surface area is 226 Å². The number of fused-ring (bicyclic) bond motifs is 1. The number of rotatable bonds is 8. The molecule has 39 heavy (non-hydrogen) atoms. The predicted octanol–water partition coefficient (Wildman–Crippen LogP) is 6.43. The molecule has 0 saturated carbocycles. The van der Waals surface area contributed by atoms with Gasteiger partial charge in [0.25, 0.3) is 0 Å². The lowest BCUT2D eigenvalue weighted by Gasteiger charge is -2.39. The molecule has 0 bridgehead atoms. The topological polar surface area (TPSA) is 66.9 Å². The zero-order valence-corrected chi connectivity index (χ0v) is 21.4. The summed E-state index contributed by atoms with van der Waals surface area (Å²) in [6.07, 6.45) is 5.50. The van der Waals surface area contributed by atoms with Crippen LogP contribution in [0.15, 0.2) is 97.1 Å². The van der Waals surface area contributed by atoms with Crippen molar-refractivity contribution in [1.82, 2.24) is 20.6 Å². The lowest BCUT2D eigenvalue weighted by atomic mass is 9.88. The van der Waals surface area contributed by atoms with Gasteiger partial charge in [-0.05, 0) is 88.3 Å². The van der Waals surface area contributed by atoms with Gasteiger partial charge in [-0.3, -0.25) is 0 Å². The fraction of sp³-hybridized carbons (Fsp3) is 0.156. The van der Waals surface area contributed by atoms with Gasteiger partial charge in [0.2, 0.25) is 0 Å². The molecule has 7 heteroatoms. The van der Waals surface area contributed by atoms with Crippen LogP contribution in [-0.2, 0) is 19.4 Å².